The summed E-state index contributed by atoms with van der Waals surface area (Å²) in [6, 6.07) is 83.1. The summed E-state index contributed by atoms with van der Waals surface area (Å²) in [4.78, 5) is 9.88. The molecule has 63 heavy (non-hydrogen) atoms. The number of aromatic nitrogens is 2. The molecule has 0 fully saturated rings. The zero-order valence-corrected chi connectivity index (χ0v) is 38.4. The third-order valence-electron chi connectivity index (χ3n) is 12.6. The van der Waals surface area contributed by atoms with Crippen molar-refractivity contribution in [3.05, 3.63) is 230 Å². The number of para-hydroxylation sites is 4. The molecule has 306 valence electrons. The monoisotopic (exact) mass is 1010 g/mol. The normalized spacial score (nSPS) is 12.5. The molecule has 0 saturated heterocycles. The standard InChI is InChI=1S/C57H44N4Si.Pt/c1-41(2)49-27-12-13-28-50(49)42-35-36-58-57(37-42)61-53-30-15-14-29-51(53)52-34-33-48(39-56(52)61)62(45-22-8-4-9-23-45,46-24-10-5-11-25-46)47-26-18-21-44(38-47)60-40-59(43-19-6-3-7-20-43)54-31-16-17-32-55(54)60;/h3-37,41H,40H2,1-2H3;/q-2;+2. The van der Waals surface area contributed by atoms with Crippen molar-refractivity contribution in [1.82, 2.24) is 9.55 Å². The molecule has 0 amide bonds. The third-order valence-corrected chi connectivity index (χ3v) is 17.2. The van der Waals surface area contributed by atoms with E-state index in [4.69, 9.17) is 4.98 Å². The fourth-order valence-electron chi connectivity index (χ4n) is 9.71. The molecule has 4 nitrogen and oxygen atoms in total. The van der Waals surface area contributed by atoms with Crippen LogP contribution in [0, 0.1) is 12.1 Å². The second kappa shape index (κ2) is 16.8. The molecule has 10 aromatic rings. The average molecular weight is 1010 g/mol. The number of rotatable bonds is 9. The van der Waals surface area contributed by atoms with E-state index in [2.05, 4.69) is 247 Å². The van der Waals surface area contributed by atoms with Crippen molar-refractivity contribution < 1.29 is 21.1 Å². The van der Waals surface area contributed by atoms with Gasteiger partial charge in [-0.3, -0.25) is 0 Å². The summed E-state index contributed by atoms with van der Waals surface area (Å²) in [5.74, 6) is 1.26. The minimum atomic E-state index is -3.11. The Morgan fingerprint density at radius 3 is 1.89 bits per heavy atom. The van der Waals surface area contributed by atoms with Crippen molar-refractivity contribution in [3.8, 4) is 16.9 Å². The van der Waals surface area contributed by atoms with Crippen LogP contribution in [-0.4, -0.2) is 24.3 Å². The Labute approximate surface area is 385 Å². The first-order valence-electron chi connectivity index (χ1n) is 21.4. The van der Waals surface area contributed by atoms with Crippen molar-refractivity contribution in [3.63, 3.8) is 0 Å². The third kappa shape index (κ3) is 6.84. The van der Waals surface area contributed by atoms with Crippen LogP contribution in [0.5, 0.6) is 0 Å². The Bertz CT molecular complexity index is 3180. The van der Waals surface area contributed by atoms with Crippen molar-refractivity contribution in [2.75, 3.05) is 16.5 Å². The quantitative estimate of drug-likeness (QED) is 0.0818. The largest absolute Gasteiger partial charge is 2.00 e. The van der Waals surface area contributed by atoms with Gasteiger partial charge in [0.25, 0.3) is 0 Å². The Hall–Kier alpha value is -6.78. The maximum Gasteiger partial charge on any atom is 2.00 e. The molecule has 2 aromatic heterocycles. The zero-order chi connectivity index (χ0) is 41.6. The molecule has 11 rings (SSSR count). The van der Waals surface area contributed by atoms with Gasteiger partial charge in [0, 0.05) is 17.4 Å². The molecule has 8 aromatic carbocycles. The first kappa shape index (κ1) is 40.3. The number of hydrogen-bond acceptors (Lipinski definition) is 3. The van der Waals surface area contributed by atoms with Gasteiger partial charge in [-0.2, -0.15) is 46.8 Å². The Morgan fingerprint density at radius 1 is 0.540 bits per heavy atom. The van der Waals surface area contributed by atoms with Crippen molar-refractivity contribution in [1.29, 1.82) is 0 Å². The predicted molar refractivity (Wildman–Crippen MR) is 261 cm³/mol. The summed E-state index contributed by atoms with van der Waals surface area (Å²) < 4.78 is 2.32. The molecule has 0 saturated carbocycles. The first-order chi connectivity index (χ1) is 30.6. The van der Waals surface area contributed by atoms with Crippen LogP contribution in [-0.2, 0) is 21.1 Å². The molecule has 0 radical (unpaired) electrons. The van der Waals surface area contributed by atoms with E-state index in [0.29, 0.717) is 12.6 Å². The van der Waals surface area contributed by atoms with E-state index >= 15 is 0 Å². The van der Waals surface area contributed by atoms with E-state index in [0.717, 1.165) is 38.7 Å². The average Bonchev–Trinajstić information content (AvgIpc) is 3.89. The number of anilines is 4. The smallest absolute Gasteiger partial charge is 0.345 e. The van der Waals surface area contributed by atoms with E-state index in [-0.39, 0.29) is 21.1 Å². The molecule has 3 heterocycles. The van der Waals surface area contributed by atoms with Gasteiger partial charge >= 0.3 is 21.1 Å². The minimum absolute atomic E-state index is 0. The molecule has 1 aliphatic heterocycles. The van der Waals surface area contributed by atoms with Gasteiger partial charge in [0.05, 0.1) is 18.0 Å². The van der Waals surface area contributed by atoms with Gasteiger partial charge < -0.3 is 14.4 Å². The van der Waals surface area contributed by atoms with E-state index < -0.39 is 8.07 Å². The summed E-state index contributed by atoms with van der Waals surface area (Å²) in [6.07, 6.45) is 1.95. The van der Waals surface area contributed by atoms with Gasteiger partial charge in [0.2, 0.25) is 0 Å². The van der Waals surface area contributed by atoms with Crippen molar-refractivity contribution in [2.24, 2.45) is 0 Å². The molecule has 0 atom stereocenters. The summed E-state index contributed by atoms with van der Waals surface area (Å²) in [6.45, 7) is 5.20. The van der Waals surface area contributed by atoms with Crippen LogP contribution in [0.2, 0.25) is 0 Å². The summed E-state index contributed by atoms with van der Waals surface area (Å²) in [5, 5.41) is 7.21. The molecule has 0 aliphatic carbocycles. The van der Waals surface area contributed by atoms with E-state index in [1.54, 1.807) is 0 Å². The minimum Gasteiger partial charge on any atom is -0.345 e. The fourth-order valence-corrected chi connectivity index (χ4v) is 14.3. The van der Waals surface area contributed by atoms with Crippen LogP contribution in [0.1, 0.15) is 25.3 Å². The predicted octanol–water partition coefficient (Wildman–Crippen LogP) is 11.2. The van der Waals surface area contributed by atoms with Crippen molar-refractivity contribution in [2.45, 2.75) is 19.8 Å². The number of fused-ring (bicyclic) bond motifs is 4. The van der Waals surface area contributed by atoms with Crippen LogP contribution >= 0.6 is 0 Å². The van der Waals surface area contributed by atoms with Crippen LogP contribution < -0.4 is 30.5 Å². The summed E-state index contributed by atoms with van der Waals surface area (Å²) >= 11 is 0. The summed E-state index contributed by atoms with van der Waals surface area (Å²) in [7, 11) is -3.11. The molecule has 0 N–H and O–H groups in total. The van der Waals surface area contributed by atoms with Crippen LogP contribution in [0.15, 0.2) is 212 Å². The summed E-state index contributed by atoms with van der Waals surface area (Å²) in [5.41, 5.74) is 10.4. The van der Waals surface area contributed by atoms with E-state index in [9.17, 15) is 0 Å². The molecule has 6 heteroatoms. The second-order valence-corrected chi connectivity index (χ2v) is 20.1. The zero-order valence-electron chi connectivity index (χ0n) is 35.1. The topological polar surface area (TPSA) is 24.3 Å². The van der Waals surface area contributed by atoms with Crippen LogP contribution in [0.4, 0.5) is 22.7 Å². The number of nitrogens with zero attached hydrogens (tertiary/aromatic N) is 4. The van der Waals surface area contributed by atoms with Crippen LogP contribution in [0.25, 0.3) is 38.8 Å². The molecule has 0 unspecified atom stereocenters. The van der Waals surface area contributed by atoms with E-state index in [1.165, 1.54) is 49.1 Å². The van der Waals surface area contributed by atoms with Gasteiger partial charge in [0.15, 0.2) is 0 Å². The molecule has 0 bridgehead atoms. The fraction of sp³-hybridized carbons (Fsp3) is 0.0702. The SMILES string of the molecule is CC(C)c1ccccc1-c1ccnc(-n2c3[c-]c([Si](c4[c-]c(N5CN(c6ccccc6)c6ccccc65)ccc4)(c4ccccc4)c4ccccc4)ccc3c3ccccc32)c1.[Pt+2]. The number of benzene rings is 8. The molecule has 1 aliphatic rings. The molecular weight excluding hydrogens is 964 g/mol. The Morgan fingerprint density at radius 2 is 1.16 bits per heavy atom. The first-order valence-corrected chi connectivity index (χ1v) is 23.4. The van der Waals surface area contributed by atoms with Crippen molar-refractivity contribution >= 4 is 73.4 Å². The van der Waals surface area contributed by atoms with Gasteiger partial charge in [-0.05, 0) is 80.8 Å². The Kier molecular flexibility index (Phi) is 10.8. The molecule has 0 spiro atoms. The van der Waals surface area contributed by atoms with E-state index in [1.807, 2.05) is 6.20 Å². The number of hydrogen-bond donors (Lipinski definition) is 0. The van der Waals surface area contributed by atoms with Gasteiger partial charge in [-0.15, -0.1) is 11.5 Å². The second-order valence-electron chi connectivity index (χ2n) is 16.4. The molecular formula is C57H44N4PtSi. The van der Waals surface area contributed by atoms with Gasteiger partial charge in [-0.25, -0.2) is 4.98 Å². The maximum absolute atomic E-state index is 5.09. The van der Waals surface area contributed by atoms with Gasteiger partial charge in [0.1, 0.15) is 13.9 Å². The Balaban J connectivity index is 0.00000471. The van der Waals surface area contributed by atoms with Crippen LogP contribution in [0.3, 0.4) is 0 Å². The number of pyridine rings is 1. The maximum atomic E-state index is 5.09. The van der Waals surface area contributed by atoms with Gasteiger partial charge in [-0.1, -0.05) is 159 Å².